The summed E-state index contributed by atoms with van der Waals surface area (Å²) in [7, 11) is 0. The fourth-order valence-electron chi connectivity index (χ4n) is 4.23. The Balaban J connectivity index is 0.000000870. The van der Waals surface area contributed by atoms with Gasteiger partial charge in [0.2, 0.25) is 0 Å². The molecule has 202 valence electrons. The van der Waals surface area contributed by atoms with Gasteiger partial charge in [-0.2, -0.15) is 0 Å². The molecule has 4 atom stereocenters. The van der Waals surface area contributed by atoms with E-state index in [0.717, 1.165) is 36.4 Å². The van der Waals surface area contributed by atoms with Gasteiger partial charge in [0.05, 0.1) is 35.2 Å². The Morgan fingerprint density at radius 1 is 1.09 bits per heavy atom. The van der Waals surface area contributed by atoms with Crippen molar-refractivity contribution in [1.29, 1.82) is 0 Å². The molecule has 0 bridgehead atoms. The summed E-state index contributed by atoms with van der Waals surface area (Å²) >= 11 is 1.68. The van der Waals surface area contributed by atoms with Crippen LogP contribution in [-0.2, 0) is 14.3 Å². The van der Waals surface area contributed by atoms with E-state index in [-0.39, 0.29) is 18.1 Å². The van der Waals surface area contributed by atoms with Crippen molar-refractivity contribution in [3.63, 3.8) is 0 Å². The summed E-state index contributed by atoms with van der Waals surface area (Å²) in [5.41, 5.74) is 0.141. The van der Waals surface area contributed by atoms with Crippen LogP contribution in [-0.4, -0.2) is 34.6 Å². The maximum atomic E-state index is 12.8. The number of ether oxygens (including phenoxy) is 1. The zero-order valence-corrected chi connectivity index (χ0v) is 24.5. The van der Waals surface area contributed by atoms with Gasteiger partial charge in [0.15, 0.2) is 0 Å². The summed E-state index contributed by atoms with van der Waals surface area (Å²) in [5.74, 6) is 0.569. The molecule has 1 saturated heterocycles. The Morgan fingerprint density at radius 2 is 1.69 bits per heavy atom. The smallest absolute Gasteiger partial charge is 0.308 e. The lowest BCUT2D eigenvalue weighted by atomic mass is 9.74. The zero-order valence-electron chi connectivity index (χ0n) is 23.7. The van der Waals surface area contributed by atoms with Crippen LogP contribution in [0.2, 0.25) is 0 Å². The molecule has 1 N–H and O–H groups in total. The fraction of sp³-hybridized carbons (Fsp3) is 0.759. The van der Waals surface area contributed by atoms with Gasteiger partial charge in [-0.25, -0.2) is 4.98 Å². The molecule has 0 spiro atoms. The molecule has 6 heteroatoms. The van der Waals surface area contributed by atoms with Crippen molar-refractivity contribution < 1.29 is 19.4 Å². The van der Waals surface area contributed by atoms with Gasteiger partial charge in [0.25, 0.3) is 0 Å². The van der Waals surface area contributed by atoms with Gasteiger partial charge in [-0.1, -0.05) is 80.2 Å². The monoisotopic (exact) mass is 509 g/mol. The van der Waals surface area contributed by atoms with Crippen LogP contribution in [0.3, 0.4) is 0 Å². The molecular formula is C29H51NO4S. The molecule has 0 saturated carbocycles. The molecule has 1 fully saturated rings. The van der Waals surface area contributed by atoms with Crippen LogP contribution in [0.1, 0.15) is 111 Å². The van der Waals surface area contributed by atoms with Crippen molar-refractivity contribution in [3.8, 4) is 0 Å². The van der Waals surface area contributed by atoms with Crippen molar-refractivity contribution in [2.45, 2.75) is 113 Å². The van der Waals surface area contributed by atoms with Crippen LogP contribution in [0.25, 0.3) is 6.08 Å². The van der Waals surface area contributed by atoms with Crippen LogP contribution in [0.5, 0.6) is 0 Å². The van der Waals surface area contributed by atoms with E-state index in [1.54, 1.807) is 25.2 Å². The van der Waals surface area contributed by atoms with Gasteiger partial charge in [0.1, 0.15) is 5.78 Å². The largest absolute Gasteiger partial charge is 0.466 e. The summed E-state index contributed by atoms with van der Waals surface area (Å²) in [6.45, 7) is 18.2. The Morgan fingerprint density at radius 3 is 2.23 bits per heavy atom. The summed E-state index contributed by atoms with van der Waals surface area (Å²) in [4.78, 5) is 28.9. The number of nitrogens with zero attached hydrogens (tertiary/aromatic N) is 1. The number of allylic oxidation sites excluding steroid dienone is 1. The lowest BCUT2D eigenvalue weighted by molar-refractivity contribution is -0.150. The number of aliphatic hydroxyl groups excluding tert-OH is 1. The summed E-state index contributed by atoms with van der Waals surface area (Å²) < 4.78 is 5.25. The maximum absolute atomic E-state index is 12.8. The summed E-state index contributed by atoms with van der Waals surface area (Å²) in [5, 5.41) is 13.6. The van der Waals surface area contributed by atoms with Crippen molar-refractivity contribution in [2.75, 3.05) is 6.61 Å². The molecule has 2 heterocycles. The van der Waals surface area contributed by atoms with E-state index in [4.69, 9.17) is 4.74 Å². The second-order valence-electron chi connectivity index (χ2n) is 10.2. The van der Waals surface area contributed by atoms with E-state index in [0.29, 0.717) is 18.4 Å². The number of aryl methyl sites for hydroxylation is 1. The predicted octanol–water partition coefficient (Wildman–Crippen LogP) is 7.65. The van der Waals surface area contributed by atoms with E-state index in [2.05, 4.69) is 24.2 Å². The summed E-state index contributed by atoms with van der Waals surface area (Å²) in [6, 6.07) is 0. The number of esters is 1. The second kappa shape index (κ2) is 17.8. The average molecular weight is 510 g/mol. The average Bonchev–Trinajstić information content (AvgIpc) is 3.22. The lowest BCUT2D eigenvalue weighted by Gasteiger charge is -2.32. The highest BCUT2D eigenvalue weighted by Crippen LogP contribution is 2.31. The normalized spacial score (nSPS) is 26.7. The third-order valence-electron chi connectivity index (χ3n) is 6.52. The number of thiazole rings is 1. The van der Waals surface area contributed by atoms with Crippen LogP contribution >= 0.6 is 11.3 Å². The number of rotatable bonds is 1. The molecule has 0 amide bonds. The Kier molecular flexibility index (Phi) is 17.0. The SMILES string of the molecule is C/C=C\c1csc(C)n1.CC.C[C@H]1CCCC[C@H](C)C[C@@H](C)C(=O)C(C)(C)[C@@H](O)CC(=O)OCC1. The number of hydrogen-bond donors (Lipinski definition) is 1. The zero-order chi connectivity index (χ0) is 27.0. The van der Waals surface area contributed by atoms with Gasteiger partial charge in [-0.15, -0.1) is 11.3 Å². The topological polar surface area (TPSA) is 76.5 Å². The van der Waals surface area contributed by atoms with Crippen LogP contribution in [0, 0.1) is 30.1 Å². The first-order valence-corrected chi connectivity index (χ1v) is 14.3. The third-order valence-corrected chi connectivity index (χ3v) is 7.32. The number of Topliss-reactive ketones (excluding diaryl/α,β-unsaturated/α-hetero) is 1. The van der Waals surface area contributed by atoms with Gasteiger partial charge >= 0.3 is 5.97 Å². The predicted molar refractivity (Wildman–Crippen MR) is 148 cm³/mol. The molecule has 1 aliphatic heterocycles. The molecule has 0 unspecified atom stereocenters. The minimum absolute atomic E-state index is 0.0374. The molecule has 1 aromatic heterocycles. The van der Waals surface area contributed by atoms with Crippen LogP contribution in [0.15, 0.2) is 11.5 Å². The molecule has 5 nitrogen and oxygen atoms in total. The van der Waals surface area contributed by atoms with Gasteiger partial charge in [0, 0.05) is 11.3 Å². The van der Waals surface area contributed by atoms with Gasteiger partial charge < -0.3 is 9.84 Å². The first-order chi connectivity index (χ1) is 16.5. The van der Waals surface area contributed by atoms with Crippen LogP contribution < -0.4 is 0 Å². The molecule has 1 aromatic rings. The minimum Gasteiger partial charge on any atom is -0.466 e. The number of hydrogen-bond acceptors (Lipinski definition) is 6. The number of aliphatic hydroxyl groups is 1. The first kappa shape index (κ1) is 33.5. The molecular weight excluding hydrogens is 458 g/mol. The number of aromatic nitrogens is 1. The van der Waals surface area contributed by atoms with Crippen molar-refractivity contribution in [3.05, 3.63) is 22.2 Å². The third kappa shape index (κ3) is 13.4. The fourth-order valence-corrected chi connectivity index (χ4v) is 4.81. The van der Waals surface area contributed by atoms with Gasteiger partial charge in [-0.05, 0) is 44.6 Å². The lowest BCUT2D eigenvalue weighted by Crippen LogP contribution is -2.42. The van der Waals surface area contributed by atoms with E-state index < -0.39 is 17.5 Å². The summed E-state index contributed by atoms with van der Waals surface area (Å²) in [6.07, 6.45) is 9.24. The van der Waals surface area contributed by atoms with Crippen molar-refractivity contribution in [1.82, 2.24) is 4.98 Å². The van der Waals surface area contributed by atoms with E-state index in [1.807, 2.05) is 46.8 Å². The van der Waals surface area contributed by atoms with E-state index in [9.17, 15) is 14.7 Å². The minimum atomic E-state index is -0.999. The number of carbonyl (C=O) groups excluding carboxylic acids is 2. The standard InChI is InChI=1S/C20H36O4.C7H9NS.C2H6/c1-14-8-6-7-9-15(2)12-16(3)19(23)20(4,5)17(21)13-18(22)24-11-10-14;1-3-4-7-5-9-6(2)8-7;1-2/h14-17,21H,6-13H2,1-5H3;3-5H,1-2H3;1-2H3/b;4-3-;/t14-,15-,16+,17-;;/m0../s1. The maximum Gasteiger partial charge on any atom is 0.308 e. The Bertz CT molecular complexity index is 756. The van der Waals surface area contributed by atoms with E-state index in [1.165, 1.54) is 12.8 Å². The highest BCUT2D eigenvalue weighted by Gasteiger charge is 2.39. The molecule has 2 rings (SSSR count). The quantitative estimate of drug-likeness (QED) is 0.393. The molecule has 1 aliphatic rings. The highest BCUT2D eigenvalue weighted by molar-refractivity contribution is 7.09. The van der Waals surface area contributed by atoms with Gasteiger partial charge in [-0.3, -0.25) is 9.59 Å². The second-order valence-corrected chi connectivity index (χ2v) is 11.3. The van der Waals surface area contributed by atoms with E-state index >= 15 is 0 Å². The highest BCUT2D eigenvalue weighted by atomic mass is 32.1. The van der Waals surface area contributed by atoms with Crippen LogP contribution in [0.4, 0.5) is 0 Å². The molecule has 35 heavy (non-hydrogen) atoms. The Labute approximate surface area is 218 Å². The first-order valence-electron chi connectivity index (χ1n) is 13.4. The van der Waals surface area contributed by atoms with Crippen molar-refractivity contribution >= 4 is 29.2 Å². The number of ketones is 1. The Hall–Kier alpha value is -1.53. The number of carbonyl (C=O) groups is 2. The molecule has 0 aliphatic carbocycles. The molecule has 0 aromatic carbocycles. The van der Waals surface area contributed by atoms with Crippen molar-refractivity contribution in [2.24, 2.45) is 23.2 Å². The number of cyclic esters (lactones) is 1. The molecule has 0 radical (unpaired) electrons.